The molecule has 2 aromatic rings. The lowest BCUT2D eigenvalue weighted by atomic mass is 10.0. The second-order valence-electron chi connectivity index (χ2n) is 4.41. The summed E-state index contributed by atoms with van der Waals surface area (Å²) >= 11 is 3.58. The number of hydrogen-bond acceptors (Lipinski definition) is 1. The molecule has 0 bridgehead atoms. The molecule has 18 heavy (non-hydrogen) atoms. The normalized spacial score (nSPS) is 12.2. The first-order valence-corrected chi connectivity index (χ1v) is 6.98. The van der Waals surface area contributed by atoms with Gasteiger partial charge in [-0.1, -0.05) is 59.3 Å². The van der Waals surface area contributed by atoms with Crippen LogP contribution in [0.2, 0.25) is 0 Å². The van der Waals surface area contributed by atoms with Crippen LogP contribution < -0.4 is 4.74 Å². The summed E-state index contributed by atoms with van der Waals surface area (Å²) in [5.74, 6) is 0.892. The Balaban J connectivity index is 2.17. The molecule has 0 aliphatic rings. The van der Waals surface area contributed by atoms with Crippen LogP contribution in [0.1, 0.15) is 12.5 Å². The number of benzene rings is 2. The Kier molecular flexibility index (Phi) is 4.43. The molecule has 0 heterocycles. The minimum Gasteiger partial charge on any atom is -0.497 e. The SMILES string of the molecule is COc1ccc(-c2ccc(CC(C)Br)cc2)cc1. The van der Waals surface area contributed by atoms with E-state index >= 15 is 0 Å². The van der Waals surface area contributed by atoms with Crippen molar-refractivity contribution >= 4 is 15.9 Å². The van der Waals surface area contributed by atoms with E-state index in [1.54, 1.807) is 7.11 Å². The number of methoxy groups -OCH3 is 1. The van der Waals surface area contributed by atoms with Crippen molar-refractivity contribution in [3.8, 4) is 16.9 Å². The molecule has 1 unspecified atom stereocenters. The molecule has 2 aromatic carbocycles. The molecule has 0 aliphatic heterocycles. The average molecular weight is 305 g/mol. The molecule has 94 valence electrons. The van der Waals surface area contributed by atoms with Crippen molar-refractivity contribution in [1.29, 1.82) is 0 Å². The van der Waals surface area contributed by atoms with Gasteiger partial charge in [0, 0.05) is 4.83 Å². The standard InChI is InChI=1S/C16H17BrO/c1-12(17)11-13-3-5-14(6-4-13)15-7-9-16(18-2)10-8-15/h3-10,12H,11H2,1-2H3. The van der Waals surface area contributed by atoms with Gasteiger partial charge in [-0.25, -0.2) is 0 Å². The molecule has 1 nitrogen and oxygen atoms in total. The Labute approximate surface area is 117 Å². The fraction of sp³-hybridized carbons (Fsp3) is 0.250. The summed E-state index contributed by atoms with van der Waals surface area (Å²) in [7, 11) is 1.69. The first kappa shape index (κ1) is 13.2. The lowest BCUT2D eigenvalue weighted by Gasteiger charge is -2.06. The van der Waals surface area contributed by atoms with E-state index in [9.17, 15) is 0 Å². The lowest BCUT2D eigenvalue weighted by molar-refractivity contribution is 0.415. The van der Waals surface area contributed by atoms with Gasteiger partial charge >= 0.3 is 0 Å². The van der Waals surface area contributed by atoms with Crippen molar-refractivity contribution in [3.05, 3.63) is 54.1 Å². The average Bonchev–Trinajstić information content (AvgIpc) is 2.39. The van der Waals surface area contributed by atoms with E-state index in [4.69, 9.17) is 4.74 Å². The van der Waals surface area contributed by atoms with Gasteiger partial charge in [0.15, 0.2) is 0 Å². The van der Waals surface area contributed by atoms with Gasteiger partial charge in [0.1, 0.15) is 5.75 Å². The molecule has 0 spiro atoms. The summed E-state index contributed by atoms with van der Waals surface area (Å²) in [5.41, 5.74) is 3.81. The minimum atomic E-state index is 0.518. The Hall–Kier alpha value is -1.28. The van der Waals surface area contributed by atoms with Gasteiger partial charge in [0.05, 0.1) is 7.11 Å². The van der Waals surface area contributed by atoms with Gasteiger partial charge in [0.2, 0.25) is 0 Å². The summed E-state index contributed by atoms with van der Waals surface area (Å²) < 4.78 is 5.16. The molecule has 0 radical (unpaired) electrons. The molecule has 0 amide bonds. The summed E-state index contributed by atoms with van der Waals surface area (Å²) in [6, 6.07) is 16.9. The first-order chi connectivity index (χ1) is 8.69. The van der Waals surface area contributed by atoms with E-state index in [0.29, 0.717) is 4.83 Å². The van der Waals surface area contributed by atoms with Gasteiger partial charge < -0.3 is 4.74 Å². The quantitative estimate of drug-likeness (QED) is 0.745. The monoisotopic (exact) mass is 304 g/mol. The van der Waals surface area contributed by atoms with Crippen LogP contribution in [0.15, 0.2) is 48.5 Å². The Morgan fingerprint density at radius 3 is 1.89 bits per heavy atom. The highest BCUT2D eigenvalue weighted by Crippen LogP contribution is 2.23. The maximum atomic E-state index is 5.16. The molecule has 0 saturated heterocycles. The number of alkyl halides is 1. The second kappa shape index (κ2) is 6.05. The zero-order valence-corrected chi connectivity index (χ0v) is 12.3. The fourth-order valence-electron chi connectivity index (χ4n) is 1.94. The largest absolute Gasteiger partial charge is 0.497 e. The predicted octanol–water partition coefficient (Wildman–Crippen LogP) is 4.69. The van der Waals surface area contributed by atoms with Crippen LogP contribution in [-0.2, 0) is 6.42 Å². The van der Waals surface area contributed by atoms with E-state index in [1.807, 2.05) is 12.1 Å². The molecule has 0 saturated carbocycles. The van der Waals surface area contributed by atoms with Crippen LogP contribution in [0.3, 0.4) is 0 Å². The molecular weight excluding hydrogens is 288 g/mol. The van der Waals surface area contributed by atoms with Gasteiger partial charge in [-0.15, -0.1) is 0 Å². The molecule has 2 heteroatoms. The van der Waals surface area contributed by atoms with Gasteiger partial charge in [-0.05, 0) is 35.2 Å². The number of halogens is 1. The summed E-state index contributed by atoms with van der Waals surface area (Å²) in [4.78, 5) is 0.518. The molecule has 0 aromatic heterocycles. The van der Waals surface area contributed by atoms with Crippen molar-refractivity contribution in [2.45, 2.75) is 18.2 Å². The Morgan fingerprint density at radius 1 is 0.944 bits per heavy atom. The summed E-state index contributed by atoms with van der Waals surface area (Å²) in [5, 5.41) is 0. The molecular formula is C16H17BrO. The highest BCUT2D eigenvalue weighted by molar-refractivity contribution is 9.09. The number of rotatable bonds is 4. The molecule has 0 aliphatic carbocycles. The van der Waals surface area contributed by atoms with Gasteiger partial charge in [-0.2, -0.15) is 0 Å². The van der Waals surface area contributed by atoms with Crippen LogP contribution >= 0.6 is 15.9 Å². The number of hydrogen-bond donors (Lipinski definition) is 0. The smallest absolute Gasteiger partial charge is 0.118 e. The zero-order chi connectivity index (χ0) is 13.0. The third-order valence-electron chi connectivity index (χ3n) is 2.89. The first-order valence-electron chi connectivity index (χ1n) is 6.06. The predicted molar refractivity (Wildman–Crippen MR) is 80.5 cm³/mol. The molecule has 2 rings (SSSR count). The molecule has 0 N–H and O–H groups in total. The van der Waals surface area contributed by atoms with E-state index in [-0.39, 0.29) is 0 Å². The minimum absolute atomic E-state index is 0.518. The van der Waals surface area contributed by atoms with Crippen molar-refractivity contribution in [2.24, 2.45) is 0 Å². The van der Waals surface area contributed by atoms with Crippen molar-refractivity contribution in [2.75, 3.05) is 7.11 Å². The van der Waals surface area contributed by atoms with Gasteiger partial charge in [0.25, 0.3) is 0 Å². The lowest BCUT2D eigenvalue weighted by Crippen LogP contribution is -1.95. The van der Waals surface area contributed by atoms with E-state index in [1.165, 1.54) is 16.7 Å². The topological polar surface area (TPSA) is 9.23 Å². The number of ether oxygens (including phenoxy) is 1. The van der Waals surface area contributed by atoms with Crippen LogP contribution in [-0.4, -0.2) is 11.9 Å². The van der Waals surface area contributed by atoms with E-state index in [0.717, 1.165) is 12.2 Å². The van der Waals surface area contributed by atoms with Crippen LogP contribution in [0.25, 0.3) is 11.1 Å². The second-order valence-corrected chi connectivity index (χ2v) is 5.97. The van der Waals surface area contributed by atoms with Crippen LogP contribution in [0, 0.1) is 0 Å². The van der Waals surface area contributed by atoms with E-state index in [2.05, 4.69) is 59.3 Å². The van der Waals surface area contributed by atoms with Crippen molar-refractivity contribution in [3.63, 3.8) is 0 Å². The van der Waals surface area contributed by atoms with Crippen molar-refractivity contribution in [1.82, 2.24) is 0 Å². The maximum absolute atomic E-state index is 5.16. The zero-order valence-electron chi connectivity index (χ0n) is 10.7. The van der Waals surface area contributed by atoms with Crippen LogP contribution in [0.5, 0.6) is 5.75 Å². The van der Waals surface area contributed by atoms with E-state index < -0.39 is 0 Å². The summed E-state index contributed by atoms with van der Waals surface area (Å²) in [6.07, 6.45) is 1.06. The third-order valence-corrected chi connectivity index (χ3v) is 3.22. The fourth-order valence-corrected chi connectivity index (χ4v) is 2.32. The van der Waals surface area contributed by atoms with Crippen molar-refractivity contribution < 1.29 is 4.74 Å². The van der Waals surface area contributed by atoms with Crippen LogP contribution in [0.4, 0.5) is 0 Å². The third kappa shape index (κ3) is 3.36. The molecule has 1 atom stereocenters. The summed E-state index contributed by atoms with van der Waals surface area (Å²) in [6.45, 7) is 2.16. The Bertz CT molecular complexity index is 486. The highest BCUT2D eigenvalue weighted by Gasteiger charge is 2.01. The maximum Gasteiger partial charge on any atom is 0.118 e. The van der Waals surface area contributed by atoms with Gasteiger partial charge in [-0.3, -0.25) is 0 Å². The molecule has 0 fully saturated rings. The Morgan fingerprint density at radius 2 is 1.44 bits per heavy atom. The highest BCUT2D eigenvalue weighted by atomic mass is 79.9.